The molecule has 2 rings (SSSR count). The van der Waals surface area contributed by atoms with Crippen molar-refractivity contribution >= 4 is 34.2 Å². The lowest BCUT2D eigenvalue weighted by molar-refractivity contribution is 0.142. The largest absolute Gasteiger partial charge is 0.384 e. The molecule has 0 amide bonds. The van der Waals surface area contributed by atoms with Crippen molar-refractivity contribution in [1.82, 2.24) is 8.51 Å². The zero-order chi connectivity index (χ0) is 12.1. The van der Waals surface area contributed by atoms with Crippen LogP contribution in [0.4, 0.5) is 0 Å². The van der Waals surface area contributed by atoms with Gasteiger partial charge in [-0.15, -0.1) is 11.3 Å². The minimum absolute atomic E-state index is 0.0239. The SMILES string of the molecule is OC(c1nccs1)[C@H](Cc1ccccc1)NI. The number of nitrogens with zero attached hydrogens (tertiary/aromatic N) is 1. The molecule has 3 nitrogen and oxygen atoms in total. The van der Waals surface area contributed by atoms with Crippen molar-refractivity contribution in [3.63, 3.8) is 0 Å². The van der Waals surface area contributed by atoms with Crippen molar-refractivity contribution in [2.75, 3.05) is 0 Å². The van der Waals surface area contributed by atoms with Gasteiger partial charge in [0.2, 0.25) is 0 Å². The van der Waals surface area contributed by atoms with E-state index in [0.29, 0.717) is 0 Å². The predicted molar refractivity (Wildman–Crippen MR) is 78.2 cm³/mol. The summed E-state index contributed by atoms with van der Waals surface area (Å²) in [5, 5.41) is 12.9. The van der Waals surface area contributed by atoms with Gasteiger partial charge in [-0.05, 0) is 12.0 Å². The minimum Gasteiger partial charge on any atom is -0.384 e. The summed E-state index contributed by atoms with van der Waals surface area (Å²) < 4.78 is 3.13. The van der Waals surface area contributed by atoms with Gasteiger partial charge in [0.25, 0.3) is 0 Å². The number of benzene rings is 1. The molecule has 17 heavy (non-hydrogen) atoms. The van der Waals surface area contributed by atoms with E-state index in [1.165, 1.54) is 16.9 Å². The van der Waals surface area contributed by atoms with Crippen LogP contribution in [0, 0.1) is 0 Å². The van der Waals surface area contributed by atoms with Crippen molar-refractivity contribution in [3.8, 4) is 0 Å². The highest BCUT2D eigenvalue weighted by Gasteiger charge is 2.22. The average molecular weight is 360 g/mol. The Labute approximate surface area is 118 Å². The van der Waals surface area contributed by atoms with Crippen LogP contribution in [-0.4, -0.2) is 16.1 Å². The molecule has 1 aromatic heterocycles. The maximum atomic E-state index is 10.2. The Kier molecular flexibility index (Phi) is 4.90. The molecule has 0 radical (unpaired) electrons. The van der Waals surface area contributed by atoms with E-state index in [9.17, 15) is 5.11 Å². The van der Waals surface area contributed by atoms with E-state index in [4.69, 9.17) is 0 Å². The second-order valence-corrected chi connectivity index (χ2v) is 5.27. The molecule has 0 aliphatic heterocycles. The fourth-order valence-electron chi connectivity index (χ4n) is 1.63. The van der Waals surface area contributed by atoms with Crippen LogP contribution >= 0.6 is 34.2 Å². The minimum atomic E-state index is -0.563. The highest BCUT2D eigenvalue weighted by molar-refractivity contribution is 14.1. The quantitative estimate of drug-likeness (QED) is 0.637. The molecule has 0 aliphatic carbocycles. The van der Waals surface area contributed by atoms with Gasteiger partial charge in [0, 0.05) is 34.4 Å². The van der Waals surface area contributed by atoms with Gasteiger partial charge in [0.05, 0.1) is 6.04 Å². The molecule has 0 fully saturated rings. The van der Waals surface area contributed by atoms with Crippen LogP contribution in [0.15, 0.2) is 41.9 Å². The normalized spacial score (nSPS) is 14.5. The van der Waals surface area contributed by atoms with Gasteiger partial charge in [0.15, 0.2) is 0 Å². The van der Waals surface area contributed by atoms with Gasteiger partial charge in [-0.25, -0.2) is 4.98 Å². The maximum Gasteiger partial charge on any atom is 0.123 e. The van der Waals surface area contributed by atoms with Crippen molar-refractivity contribution in [1.29, 1.82) is 0 Å². The summed E-state index contributed by atoms with van der Waals surface area (Å²) in [6.07, 6.45) is 1.94. The van der Waals surface area contributed by atoms with Crippen LogP contribution in [0.2, 0.25) is 0 Å². The van der Waals surface area contributed by atoms with Gasteiger partial charge in [-0.2, -0.15) is 0 Å². The Morgan fingerprint density at radius 2 is 2.12 bits per heavy atom. The van der Waals surface area contributed by atoms with E-state index in [2.05, 4.69) is 43.5 Å². The number of hydrogen-bond donors (Lipinski definition) is 2. The van der Waals surface area contributed by atoms with Crippen LogP contribution in [0.1, 0.15) is 16.7 Å². The molecule has 2 N–H and O–H groups in total. The second kappa shape index (κ2) is 6.44. The van der Waals surface area contributed by atoms with Crippen LogP contribution in [-0.2, 0) is 6.42 Å². The maximum absolute atomic E-state index is 10.2. The number of hydrogen-bond acceptors (Lipinski definition) is 4. The number of thiazole rings is 1. The van der Waals surface area contributed by atoms with Crippen LogP contribution < -0.4 is 3.53 Å². The number of aromatic nitrogens is 1. The van der Waals surface area contributed by atoms with Crippen molar-refractivity contribution in [3.05, 3.63) is 52.5 Å². The summed E-state index contributed by atoms with van der Waals surface area (Å²) >= 11 is 3.56. The Hall–Kier alpha value is -0.500. The molecule has 0 bridgehead atoms. The number of aliphatic hydroxyl groups excluding tert-OH is 1. The van der Waals surface area contributed by atoms with E-state index in [-0.39, 0.29) is 6.04 Å². The Morgan fingerprint density at radius 1 is 1.35 bits per heavy atom. The first-order valence-electron chi connectivity index (χ1n) is 5.29. The molecular weight excluding hydrogens is 347 g/mol. The smallest absolute Gasteiger partial charge is 0.123 e. The summed E-state index contributed by atoms with van der Waals surface area (Å²) in [4.78, 5) is 4.15. The van der Waals surface area contributed by atoms with Crippen molar-refractivity contribution in [2.24, 2.45) is 0 Å². The lowest BCUT2D eigenvalue weighted by Crippen LogP contribution is -2.30. The van der Waals surface area contributed by atoms with E-state index in [0.717, 1.165) is 11.4 Å². The first-order valence-corrected chi connectivity index (χ1v) is 7.24. The lowest BCUT2D eigenvalue weighted by Gasteiger charge is -2.19. The standard InChI is InChI=1S/C12H13IN2OS/c13-15-10(8-9-4-2-1-3-5-9)11(16)12-14-6-7-17-12/h1-7,10-11,15-16H,8H2/t10-,11?/m0/s1. The Morgan fingerprint density at radius 3 is 2.71 bits per heavy atom. The number of halogens is 1. The fourth-order valence-corrected chi connectivity index (χ4v) is 2.88. The zero-order valence-electron chi connectivity index (χ0n) is 9.08. The molecule has 0 saturated heterocycles. The molecule has 2 aromatic rings. The van der Waals surface area contributed by atoms with Crippen molar-refractivity contribution in [2.45, 2.75) is 18.6 Å². The first kappa shape index (κ1) is 12.9. The lowest BCUT2D eigenvalue weighted by atomic mass is 10.0. The molecular formula is C12H13IN2OS. The van der Waals surface area contributed by atoms with E-state index < -0.39 is 6.10 Å². The van der Waals surface area contributed by atoms with Gasteiger partial charge in [-0.1, -0.05) is 30.3 Å². The molecule has 5 heteroatoms. The molecule has 90 valence electrons. The molecule has 1 unspecified atom stereocenters. The predicted octanol–water partition coefficient (Wildman–Crippen LogP) is 2.73. The van der Waals surface area contributed by atoms with Gasteiger partial charge >= 0.3 is 0 Å². The summed E-state index contributed by atoms with van der Waals surface area (Å²) in [5.41, 5.74) is 1.21. The first-order chi connectivity index (χ1) is 8.31. The van der Waals surface area contributed by atoms with Crippen molar-refractivity contribution < 1.29 is 5.11 Å². The Balaban J connectivity index is 2.07. The third kappa shape index (κ3) is 3.48. The van der Waals surface area contributed by atoms with E-state index in [1.54, 1.807) is 6.20 Å². The number of rotatable bonds is 5. The second-order valence-electron chi connectivity index (χ2n) is 3.72. The highest BCUT2D eigenvalue weighted by atomic mass is 127. The van der Waals surface area contributed by atoms with E-state index >= 15 is 0 Å². The Bertz CT molecular complexity index is 435. The summed E-state index contributed by atoms with van der Waals surface area (Å²) in [6.45, 7) is 0. The van der Waals surface area contributed by atoms with Crippen LogP contribution in [0.3, 0.4) is 0 Å². The molecule has 1 heterocycles. The molecule has 0 spiro atoms. The third-order valence-electron chi connectivity index (χ3n) is 2.52. The molecule has 2 atom stereocenters. The number of aliphatic hydroxyl groups is 1. The summed E-state index contributed by atoms with van der Waals surface area (Å²) in [5.74, 6) is 0. The monoisotopic (exact) mass is 360 g/mol. The topological polar surface area (TPSA) is 45.2 Å². The average Bonchev–Trinajstić information content (AvgIpc) is 2.90. The van der Waals surface area contributed by atoms with Crippen LogP contribution in [0.5, 0.6) is 0 Å². The third-order valence-corrected chi connectivity index (χ3v) is 4.17. The molecule has 0 aliphatic rings. The zero-order valence-corrected chi connectivity index (χ0v) is 12.1. The molecule has 1 aromatic carbocycles. The summed E-state index contributed by atoms with van der Waals surface area (Å²) in [6, 6.07) is 10.1. The molecule has 0 saturated carbocycles. The fraction of sp³-hybridized carbons (Fsp3) is 0.250. The summed E-state index contributed by atoms with van der Waals surface area (Å²) in [7, 11) is 0. The van der Waals surface area contributed by atoms with Gasteiger partial charge < -0.3 is 5.11 Å². The van der Waals surface area contributed by atoms with E-state index in [1.807, 2.05) is 23.6 Å². The number of nitrogens with one attached hydrogen (secondary N) is 1. The van der Waals surface area contributed by atoms with Gasteiger partial charge in [-0.3, -0.25) is 3.53 Å². The van der Waals surface area contributed by atoms with Gasteiger partial charge in [0.1, 0.15) is 11.1 Å². The van der Waals surface area contributed by atoms with Crippen LogP contribution in [0.25, 0.3) is 0 Å². The highest BCUT2D eigenvalue weighted by Crippen LogP contribution is 2.22.